The average molecular weight is 252 g/mol. The summed E-state index contributed by atoms with van der Waals surface area (Å²) < 4.78 is 0. The summed E-state index contributed by atoms with van der Waals surface area (Å²) in [5, 5.41) is 0. The van der Waals surface area contributed by atoms with Crippen LogP contribution in [0.3, 0.4) is 0 Å². The highest BCUT2D eigenvalue weighted by atomic mass is 14.0. The Balaban J connectivity index is 2.92. The summed E-state index contributed by atoms with van der Waals surface area (Å²) in [6.07, 6.45) is 19.9. The zero-order chi connectivity index (χ0) is 13.5. The van der Waals surface area contributed by atoms with Crippen LogP contribution in [0.2, 0.25) is 0 Å². The Morgan fingerprint density at radius 3 is 1.28 bits per heavy atom. The van der Waals surface area contributed by atoms with Crippen LogP contribution in [0.4, 0.5) is 0 Å². The molecule has 0 heterocycles. The van der Waals surface area contributed by atoms with Crippen LogP contribution in [-0.2, 0) is 0 Å². The van der Waals surface area contributed by atoms with Crippen LogP contribution in [0, 0.1) is 0 Å². The summed E-state index contributed by atoms with van der Waals surface area (Å²) in [6, 6.07) is 0. The smallest absolute Gasteiger partial charge is 0.0326 e. The summed E-state index contributed by atoms with van der Waals surface area (Å²) in [6.45, 7) is 8.38. The number of hydrogen-bond acceptors (Lipinski definition) is 0. The molecule has 0 atom stereocenters. The van der Waals surface area contributed by atoms with Crippen molar-refractivity contribution in [1.82, 2.24) is 0 Å². The highest BCUT2D eigenvalue weighted by molar-refractivity contribution is 4.86. The molecule has 0 bridgehead atoms. The van der Waals surface area contributed by atoms with Gasteiger partial charge in [0.2, 0.25) is 0 Å². The van der Waals surface area contributed by atoms with Crippen molar-refractivity contribution in [3.8, 4) is 0 Å². The van der Waals surface area contributed by atoms with Crippen molar-refractivity contribution in [2.24, 2.45) is 0 Å². The highest BCUT2D eigenvalue weighted by Gasteiger charge is 1.93. The quantitative estimate of drug-likeness (QED) is 0.230. The second kappa shape index (κ2) is 14.8. The van der Waals surface area contributed by atoms with Gasteiger partial charge in [0.15, 0.2) is 0 Å². The SMILES string of the molecule is C=C(C)CCCCCCCCCCCCCCC. The van der Waals surface area contributed by atoms with Crippen molar-refractivity contribution >= 4 is 0 Å². The van der Waals surface area contributed by atoms with Crippen molar-refractivity contribution < 1.29 is 0 Å². The lowest BCUT2D eigenvalue weighted by atomic mass is 10.0. The minimum Gasteiger partial charge on any atom is -0.100 e. The van der Waals surface area contributed by atoms with E-state index in [2.05, 4.69) is 20.4 Å². The number of allylic oxidation sites excluding steroid dienone is 1. The van der Waals surface area contributed by atoms with Gasteiger partial charge < -0.3 is 0 Å². The standard InChI is InChI=1S/C18H36/c1-4-5-6-7-8-9-10-11-12-13-14-15-16-17-18(2)3/h2,4-17H2,1,3H3. The molecule has 0 aliphatic rings. The Morgan fingerprint density at radius 1 is 0.611 bits per heavy atom. The van der Waals surface area contributed by atoms with Crippen LogP contribution in [0.5, 0.6) is 0 Å². The van der Waals surface area contributed by atoms with Gasteiger partial charge in [-0.05, 0) is 19.8 Å². The third kappa shape index (κ3) is 15.7. The normalized spacial score (nSPS) is 10.8. The van der Waals surface area contributed by atoms with E-state index in [1.807, 2.05) is 0 Å². The van der Waals surface area contributed by atoms with Gasteiger partial charge in [-0.15, -0.1) is 6.58 Å². The fraction of sp³-hybridized carbons (Fsp3) is 0.889. The maximum absolute atomic E-state index is 3.95. The lowest BCUT2D eigenvalue weighted by Gasteiger charge is -2.03. The van der Waals surface area contributed by atoms with Crippen molar-refractivity contribution in [3.05, 3.63) is 12.2 Å². The highest BCUT2D eigenvalue weighted by Crippen LogP contribution is 2.13. The Bertz CT molecular complexity index is 169. The molecule has 0 nitrogen and oxygen atoms in total. The molecule has 0 N–H and O–H groups in total. The minimum absolute atomic E-state index is 1.23. The summed E-state index contributed by atoms with van der Waals surface area (Å²) in [4.78, 5) is 0. The predicted molar refractivity (Wildman–Crippen MR) is 85.1 cm³/mol. The molecule has 0 unspecified atom stereocenters. The van der Waals surface area contributed by atoms with E-state index in [9.17, 15) is 0 Å². The Morgan fingerprint density at radius 2 is 0.944 bits per heavy atom. The lowest BCUT2D eigenvalue weighted by Crippen LogP contribution is -1.83. The van der Waals surface area contributed by atoms with Crippen LogP contribution < -0.4 is 0 Å². The molecule has 0 heteroatoms. The molecule has 0 fully saturated rings. The van der Waals surface area contributed by atoms with E-state index in [0.29, 0.717) is 0 Å². The summed E-state index contributed by atoms with van der Waals surface area (Å²) in [7, 11) is 0. The van der Waals surface area contributed by atoms with Gasteiger partial charge in [-0.2, -0.15) is 0 Å². The van der Waals surface area contributed by atoms with Gasteiger partial charge in [0, 0.05) is 0 Å². The maximum atomic E-state index is 3.95. The first-order valence-corrected chi connectivity index (χ1v) is 8.41. The fourth-order valence-corrected chi connectivity index (χ4v) is 2.44. The molecule has 0 aromatic heterocycles. The fourth-order valence-electron chi connectivity index (χ4n) is 2.44. The molecular weight excluding hydrogens is 216 g/mol. The van der Waals surface area contributed by atoms with E-state index < -0.39 is 0 Å². The molecule has 0 spiro atoms. The van der Waals surface area contributed by atoms with Gasteiger partial charge in [-0.25, -0.2) is 0 Å². The minimum atomic E-state index is 1.23. The van der Waals surface area contributed by atoms with Crippen LogP contribution >= 0.6 is 0 Å². The van der Waals surface area contributed by atoms with Crippen molar-refractivity contribution in [1.29, 1.82) is 0 Å². The van der Waals surface area contributed by atoms with E-state index >= 15 is 0 Å². The van der Waals surface area contributed by atoms with Crippen LogP contribution in [0.1, 0.15) is 104 Å². The van der Waals surface area contributed by atoms with Gasteiger partial charge in [0.1, 0.15) is 0 Å². The number of unbranched alkanes of at least 4 members (excludes halogenated alkanes) is 12. The first-order valence-electron chi connectivity index (χ1n) is 8.41. The van der Waals surface area contributed by atoms with E-state index in [4.69, 9.17) is 0 Å². The number of hydrogen-bond donors (Lipinski definition) is 0. The topological polar surface area (TPSA) is 0 Å². The van der Waals surface area contributed by atoms with Gasteiger partial charge in [0.05, 0.1) is 0 Å². The third-order valence-electron chi connectivity index (χ3n) is 3.71. The van der Waals surface area contributed by atoms with Crippen molar-refractivity contribution in [2.45, 2.75) is 104 Å². The van der Waals surface area contributed by atoms with Gasteiger partial charge in [-0.3, -0.25) is 0 Å². The molecule has 108 valence electrons. The molecular formula is C18H36. The summed E-state index contributed by atoms with van der Waals surface area (Å²) >= 11 is 0. The van der Waals surface area contributed by atoms with Gasteiger partial charge in [0.25, 0.3) is 0 Å². The maximum Gasteiger partial charge on any atom is -0.0326 e. The summed E-state index contributed by atoms with van der Waals surface area (Å²) in [5.41, 5.74) is 1.35. The van der Waals surface area contributed by atoms with Gasteiger partial charge >= 0.3 is 0 Å². The molecule has 0 aliphatic carbocycles. The van der Waals surface area contributed by atoms with Crippen LogP contribution in [-0.4, -0.2) is 0 Å². The van der Waals surface area contributed by atoms with Crippen LogP contribution in [0.15, 0.2) is 12.2 Å². The molecule has 0 radical (unpaired) electrons. The van der Waals surface area contributed by atoms with Crippen molar-refractivity contribution in [2.75, 3.05) is 0 Å². The first kappa shape index (κ1) is 17.7. The van der Waals surface area contributed by atoms with Crippen LogP contribution in [0.25, 0.3) is 0 Å². The van der Waals surface area contributed by atoms with E-state index in [0.717, 1.165) is 0 Å². The first-order chi connectivity index (χ1) is 8.77. The Labute approximate surface area is 116 Å². The van der Waals surface area contributed by atoms with Gasteiger partial charge in [-0.1, -0.05) is 89.5 Å². The predicted octanol–water partition coefficient (Wildman–Crippen LogP) is 7.04. The zero-order valence-corrected chi connectivity index (χ0v) is 13.1. The molecule has 0 aromatic carbocycles. The molecule has 0 aromatic rings. The van der Waals surface area contributed by atoms with E-state index in [1.54, 1.807) is 0 Å². The zero-order valence-electron chi connectivity index (χ0n) is 13.1. The Hall–Kier alpha value is -0.260. The molecule has 0 aliphatic heterocycles. The molecule has 0 amide bonds. The monoisotopic (exact) mass is 252 g/mol. The number of rotatable bonds is 14. The summed E-state index contributed by atoms with van der Waals surface area (Å²) in [5.74, 6) is 0. The van der Waals surface area contributed by atoms with E-state index in [1.165, 1.54) is 95.5 Å². The molecule has 0 saturated carbocycles. The largest absolute Gasteiger partial charge is 0.100 e. The molecule has 18 heavy (non-hydrogen) atoms. The molecule has 0 rings (SSSR count). The van der Waals surface area contributed by atoms with Crippen molar-refractivity contribution in [3.63, 3.8) is 0 Å². The molecule has 0 saturated heterocycles. The lowest BCUT2D eigenvalue weighted by molar-refractivity contribution is 0.539. The van der Waals surface area contributed by atoms with E-state index in [-0.39, 0.29) is 0 Å². The second-order valence-electron chi connectivity index (χ2n) is 5.95. The second-order valence-corrected chi connectivity index (χ2v) is 5.95. The Kier molecular flexibility index (Phi) is 14.6. The third-order valence-corrected chi connectivity index (χ3v) is 3.71. The average Bonchev–Trinajstić information content (AvgIpc) is 2.34.